The van der Waals surface area contributed by atoms with Crippen molar-refractivity contribution in [3.05, 3.63) is 29.8 Å². The quantitative estimate of drug-likeness (QED) is 0.797. The molecule has 1 aromatic carbocycles. The monoisotopic (exact) mass is 258 g/mol. The first kappa shape index (κ1) is 14.0. The van der Waals surface area contributed by atoms with Crippen LogP contribution in [0.1, 0.15) is 32.3 Å². The highest BCUT2D eigenvalue weighted by molar-refractivity contribution is 7.86. The maximum Gasteiger partial charge on any atom is 0.303 e. The summed E-state index contributed by atoms with van der Waals surface area (Å²) in [5.41, 5.74) is -0.0531. The van der Waals surface area contributed by atoms with Gasteiger partial charge in [0, 0.05) is 0 Å². The van der Waals surface area contributed by atoms with Crippen LogP contribution in [-0.2, 0) is 16.5 Å². The SMILES string of the molecule is CCCCc1ccc(OC(C)S(=O)(=O)O)cc1. The predicted octanol–water partition coefficient (Wildman–Crippen LogP) is 2.64. The zero-order valence-electron chi connectivity index (χ0n) is 10.1. The highest BCUT2D eigenvalue weighted by Gasteiger charge is 2.18. The number of ether oxygens (including phenoxy) is 1. The fourth-order valence-corrected chi connectivity index (χ4v) is 1.60. The van der Waals surface area contributed by atoms with Crippen molar-refractivity contribution in [2.75, 3.05) is 0 Å². The molecule has 17 heavy (non-hydrogen) atoms. The highest BCUT2D eigenvalue weighted by Crippen LogP contribution is 2.16. The molecule has 0 fully saturated rings. The average molecular weight is 258 g/mol. The van der Waals surface area contributed by atoms with Crippen molar-refractivity contribution >= 4 is 10.1 Å². The van der Waals surface area contributed by atoms with Crippen LogP contribution >= 0.6 is 0 Å². The lowest BCUT2D eigenvalue weighted by Gasteiger charge is -2.11. The molecule has 4 nitrogen and oxygen atoms in total. The van der Waals surface area contributed by atoms with Crippen molar-refractivity contribution in [3.8, 4) is 5.75 Å². The third-order valence-corrected chi connectivity index (χ3v) is 3.40. The van der Waals surface area contributed by atoms with Gasteiger partial charge >= 0.3 is 10.1 Å². The molecule has 96 valence electrons. The molecular formula is C12H18O4S. The molecule has 1 rings (SSSR count). The predicted molar refractivity (Wildman–Crippen MR) is 66.7 cm³/mol. The number of rotatable bonds is 6. The maximum atomic E-state index is 10.8. The lowest BCUT2D eigenvalue weighted by Crippen LogP contribution is -2.23. The molecule has 0 aliphatic heterocycles. The highest BCUT2D eigenvalue weighted by atomic mass is 32.2. The standard InChI is InChI=1S/C12H18O4S/c1-3-4-5-11-6-8-12(9-7-11)16-10(2)17(13,14)15/h6-10H,3-5H2,1-2H3,(H,13,14,15). The largest absolute Gasteiger partial charge is 0.472 e. The molecule has 0 aromatic heterocycles. The second kappa shape index (κ2) is 6.02. The zero-order valence-corrected chi connectivity index (χ0v) is 10.9. The van der Waals surface area contributed by atoms with E-state index in [1.807, 2.05) is 12.1 Å². The van der Waals surface area contributed by atoms with Gasteiger partial charge in [0.25, 0.3) is 0 Å². The second-order valence-corrected chi connectivity index (χ2v) is 5.64. The van der Waals surface area contributed by atoms with Gasteiger partial charge in [-0.05, 0) is 37.5 Å². The first-order valence-corrected chi connectivity index (χ1v) is 7.15. The van der Waals surface area contributed by atoms with Crippen LogP contribution in [0.15, 0.2) is 24.3 Å². The van der Waals surface area contributed by atoms with Crippen LogP contribution in [-0.4, -0.2) is 18.4 Å². The third kappa shape index (κ3) is 4.75. The molecule has 1 atom stereocenters. The van der Waals surface area contributed by atoms with Crippen LogP contribution in [0.5, 0.6) is 5.75 Å². The summed E-state index contributed by atoms with van der Waals surface area (Å²) in [4.78, 5) is 0. The van der Waals surface area contributed by atoms with Gasteiger partial charge in [0.1, 0.15) is 5.75 Å². The Hall–Kier alpha value is -1.07. The van der Waals surface area contributed by atoms with Crippen molar-refractivity contribution < 1.29 is 17.7 Å². The van der Waals surface area contributed by atoms with Crippen LogP contribution in [0, 0.1) is 0 Å². The Labute approximate surface area is 102 Å². The Morgan fingerprint density at radius 1 is 1.29 bits per heavy atom. The van der Waals surface area contributed by atoms with E-state index in [4.69, 9.17) is 9.29 Å². The summed E-state index contributed by atoms with van der Waals surface area (Å²) in [6.45, 7) is 3.42. The van der Waals surface area contributed by atoms with Crippen molar-refractivity contribution in [1.29, 1.82) is 0 Å². The van der Waals surface area contributed by atoms with Crippen molar-refractivity contribution in [2.45, 2.75) is 38.5 Å². The lowest BCUT2D eigenvalue weighted by molar-refractivity contribution is 0.274. The van der Waals surface area contributed by atoms with Crippen LogP contribution < -0.4 is 4.74 Å². The number of benzene rings is 1. The van der Waals surface area contributed by atoms with Crippen LogP contribution in [0.2, 0.25) is 0 Å². The zero-order chi connectivity index (χ0) is 12.9. The molecule has 0 spiro atoms. The van der Waals surface area contributed by atoms with E-state index in [2.05, 4.69) is 6.92 Å². The number of unbranched alkanes of at least 4 members (excludes halogenated alkanes) is 1. The van der Waals surface area contributed by atoms with Gasteiger partial charge in [-0.2, -0.15) is 8.42 Å². The molecule has 0 saturated carbocycles. The number of hydrogen-bond acceptors (Lipinski definition) is 3. The van der Waals surface area contributed by atoms with E-state index in [1.165, 1.54) is 12.5 Å². The van der Waals surface area contributed by atoms with E-state index < -0.39 is 15.6 Å². The maximum absolute atomic E-state index is 10.8. The molecule has 5 heteroatoms. The van der Waals surface area contributed by atoms with Crippen molar-refractivity contribution in [3.63, 3.8) is 0 Å². The first-order chi connectivity index (χ1) is 7.93. The van der Waals surface area contributed by atoms with Crippen LogP contribution in [0.4, 0.5) is 0 Å². The van der Waals surface area contributed by atoms with Gasteiger partial charge in [-0.15, -0.1) is 0 Å². The Morgan fingerprint density at radius 2 is 1.88 bits per heavy atom. The van der Waals surface area contributed by atoms with E-state index in [1.54, 1.807) is 12.1 Å². The molecular weight excluding hydrogens is 240 g/mol. The van der Waals surface area contributed by atoms with Gasteiger partial charge in [-0.25, -0.2) is 0 Å². The normalized spacial score (nSPS) is 13.4. The van der Waals surface area contributed by atoms with Gasteiger partial charge in [-0.1, -0.05) is 25.5 Å². The fourth-order valence-electron chi connectivity index (χ4n) is 1.37. The minimum Gasteiger partial charge on any atom is -0.472 e. The smallest absolute Gasteiger partial charge is 0.303 e. The molecule has 0 bridgehead atoms. The van der Waals surface area contributed by atoms with Crippen molar-refractivity contribution in [2.24, 2.45) is 0 Å². The van der Waals surface area contributed by atoms with Crippen LogP contribution in [0.3, 0.4) is 0 Å². The summed E-state index contributed by atoms with van der Waals surface area (Å²) in [7, 11) is -4.15. The summed E-state index contributed by atoms with van der Waals surface area (Å²) in [5, 5.41) is 0. The van der Waals surface area contributed by atoms with Crippen molar-refractivity contribution in [1.82, 2.24) is 0 Å². The first-order valence-electron chi connectivity index (χ1n) is 5.65. The number of aryl methyl sites for hydroxylation is 1. The molecule has 1 unspecified atom stereocenters. The lowest BCUT2D eigenvalue weighted by atomic mass is 10.1. The van der Waals surface area contributed by atoms with Gasteiger partial charge < -0.3 is 4.74 Å². The Bertz CT molecular complexity index is 436. The van der Waals surface area contributed by atoms with Gasteiger partial charge in [0.05, 0.1) is 0 Å². The number of hydrogen-bond donors (Lipinski definition) is 1. The van der Waals surface area contributed by atoms with Gasteiger partial charge in [-0.3, -0.25) is 4.55 Å². The topological polar surface area (TPSA) is 63.6 Å². The minimum absolute atomic E-state index is 0.440. The van der Waals surface area contributed by atoms with E-state index in [0.717, 1.165) is 19.3 Å². The molecule has 0 aliphatic rings. The molecule has 0 saturated heterocycles. The third-order valence-electron chi connectivity index (χ3n) is 2.46. The Kier molecular flexibility index (Phi) is 4.96. The Balaban J connectivity index is 2.62. The van der Waals surface area contributed by atoms with E-state index in [-0.39, 0.29) is 0 Å². The second-order valence-electron chi connectivity index (χ2n) is 3.95. The molecule has 0 heterocycles. The molecule has 0 aliphatic carbocycles. The summed E-state index contributed by atoms with van der Waals surface area (Å²) >= 11 is 0. The minimum atomic E-state index is -4.15. The summed E-state index contributed by atoms with van der Waals surface area (Å²) in [5.74, 6) is 0.440. The molecule has 0 radical (unpaired) electrons. The van der Waals surface area contributed by atoms with E-state index >= 15 is 0 Å². The Morgan fingerprint density at radius 3 is 2.35 bits per heavy atom. The molecule has 1 N–H and O–H groups in total. The van der Waals surface area contributed by atoms with Gasteiger partial charge in [0.2, 0.25) is 5.44 Å². The molecule has 0 amide bonds. The fraction of sp³-hybridized carbons (Fsp3) is 0.500. The van der Waals surface area contributed by atoms with E-state index in [0.29, 0.717) is 5.75 Å². The summed E-state index contributed by atoms with van der Waals surface area (Å²) in [6.07, 6.45) is 3.27. The molecule has 1 aromatic rings. The summed E-state index contributed by atoms with van der Waals surface area (Å²) < 4.78 is 35.4. The van der Waals surface area contributed by atoms with Crippen LogP contribution in [0.25, 0.3) is 0 Å². The van der Waals surface area contributed by atoms with E-state index in [9.17, 15) is 8.42 Å². The summed E-state index contributed by atoms with van der Waals surface area (Å²) in [6, 6.07) is 7.24. The van der Waals surface area contributed by atoms with Gasteiger partial charge in [0.15, 0.2) is 0 Å². The average Bonchev–Trinajstić information content (AvgIpc) is 2.27.